The van der Waals surface area contributed by atoms with E-state index in [1.807, 2.05) is 0 Å². The SMILES string of the molecule is NNC(C1CCOC2(CCCCC2)C1)C1CCCS1. The molecule has 3 aliphatic rings. The molecule has 19 heavy (non-hydrogen) atoms. The van der Waals surface area contributed by atoms with Gasteiger partial charge in [-0.3, -0.25) is 11.3 Å². The van der Waals surface area contributed by atoms with Gasteiger partial charge in [-0.2, -0.15) is 11.8 Å². The molecule has 3 rings (SSSR count). The quantitative estimate of drug-likeness (QED) is 0.618. The molecule has 2 aliphatic heterocycles. The summed E-state index contributed by atoms with van der Waals surface area (Å²) < 4.78 is 6.22. The van der Waals surface area contributed by atoms with Gasteiger partial charge in [0.05, 0.1) is 5.60 Å². The zero-order valence-electron chi connectivity index (χ0n) is 11.9. The maximum Gasteiger partial charge on any atom is 0.0685 e. The Bertz CT molecular complexity index is 282. The van der Waals surface area contributed by atoms with Gasteiger partial charge in [-0.05, 0) is 50.2 Å². The van der Waals surface area contributed by atoms with E-state index in [0.717, 1.165) is 11.9 Å². The van der Waals surface area contributed by atoms with Gasteiger partial charge in [0, 0.05) is 17.9 Å². The summed E-state index contributed by atoms with van der Waals surface area (Å²) in [7, 11) is 0. The number of hydrogen-bond donors (Lipinski definition) is 2. The third-order valence-corrected chi connectivity index (χ3v) is 6.84. The minimum absolute atomic E-state index is 0.208. The zero-order valence-corrected chi connectivity index (χ0v) is 12.7. The Hall–Kier alpha value is 0.230. The lowest BCUT2D eigenvalue weighted by molar-refractivity contribution is -0.121. The lowest BCUT2D eigenvalue weighted by atomic mass is 9.73. The maximum absolute atomic E-state index is 6.22. The Balaban J connectivity index is 1.65. The van der Waals surface area contributed by atoms with Crippen LogP contribution in [0, 0.1) is 5.92 Å². The van der Waals surface area contributed by atoms with Crippen molar-refractivity contribution >= 4 is 11.8 Å². The second-order valence-electron chi connectivity index (χ2n) is 6.59. The van der Waals surface area contributed by atoms with Crippen LogP contribution in [-0.4, -0.2) is 29.3 Å². The van der Waals surface area contributed by atoms with Gasteiger partial charge in [-0.25, -0.2) is 0 Å². The molecule has 0 aromatic rings. The van der Waals surface area contributed by atoms with E-state index in [1.54, 1.807) is 0 Å². The Kier molecular flexibility index (Phi) is 4.73. The third kappa shape index (κ3) is 3.12. The number of ether oxygens (including phenoxy) is 1. The molecule has 0 aromatic carbocycles. The van der Waals surface area contributed by atoms with E-state index in [1.165, 1.54) is 63.5 Å². The van der Waals surface area contributed by atoms with Gasteiger partial charge in [0.25, 0.3) is 0 Å². The zero-order chi connectivity index (χ0) is 13.1. The highest BCUT2D eigenvalue weighted by Crippen LogP contribution is 2.43. The summed E-state index contributed by atoms with van der Waals surface area (Å²) in [5.74, 6) is 7.93. The van der Waals surface area contributed by atoms with Crippen molar-refractivity contribution in [2.45, 2.75) is 74.7 Å². The second-order valence-corrected chi connectivity index (χ2v) is 7.94. The summed E-state index contributed by atoms with van der Waals surface area (Å²) in [4.78, 5) is 0. The third-order valence-electron chi connectivity index (χ3n) is 5.36. The van der Waals surface area contributed by atoms with Gasteiger partial charge in [0.2, 0.25) is 0 Å². The predicted molar refractivity (Wildman–Crippen MR) is 81.1 cm³/mol. The van der Waals surface area contributed by atoms with Crippen LogP contribution in [0.2, 0.25) is 0 Å². The smallest absolute Gasteiger partial charge is 0.0685 e. The number of hydrazine groups is 1. The number of rotatable bonds is 3. The van der Waals surface area contributed by atoms with Crippen molar-refractivity contribution in [3.63, 3.8) is 0 Å². The number of thioether (sulfide) groups is 1. The van der Waals surface area contributed by atoms with Crippen molar-refractivity contribution < 1.29 is 4.74 Å². The standard InChI is InChI=1S/C15H28N2OS/c16-17-14(13-5-4-10-19-13)12-6-9-18-15(11-12)7-2-1-3-8-15/h12-14,17H,1-11,16H2. The topological polar surface area (TPSA) is 47.3 Å². The van der Waals surface area contributed by atoms with Crippen LogP contribution in [0.4, 0.5) is 0 Å². The van der Waals surface area contributed by atoms with Gasteiger partial charge in [-0.15, -0.1) is 0 Å². The second kappa shape index (κ2) is 6.33. The Morgan fingerprint density at radius 2 is 2.00 bits per heavy atom. The molecule has 2 heterocycles. The van der Waals surface area contributed by atoms with Gasteiger partial charge >= 0.3 is 0 Å². The fourth-order valence-corrected chi connectivity index (χ4v) is 5.83. The molecule has 4 heteroatoms. The molecule has 3 unspecified atom stereocenters. The highest BCUT2D eigenvalue weighted by molar-refractivity contribution is 8.00. The summed E-state index contributed by atoms with van der Waals surface area (Å²) in [6.07, 6.45) is 11.8. The van der Waals surface area contributed by atoms with Crippen molar-refractivity contribution in [1.82, 2.24) is 5.43 Å². The van der Waals surface area contributed by atoms with E-state index in [-0.39, 0.29) is 5.60 Å². The highest BCUT2D eigenvalue weighted by atomic mass is 32.2. The van der Waals surface area contributed by atoms with E-state index >= 15 is 0 Å². The van der Waals surface area contributed by atoms with E-state index in [9.17, 15) is 0 Å². The van der Waals surface area contributed by atoms with Crippen molar-refractivity contribution in [3.8, 4) is 0 Å². The summed E-state index contributed by atoms with van der Waals surface area (Å²) in [5, 5.41) is 0.730. The van der Waals surface area contributed by atoms with Crippen LogP contribution < -0.4 is 11.3 Å². The lowest BCUT2D eigenvalue weighted by Gasteiger charge is -2.46. The monoisotopic (exact) mass is 284 g/mol. The Morgan fingerprint density at radius 3 is 2.68 bits per heavy atom. The molecule has 0 radical (unpaired) electrons. The average Bonchev–Trinajstić information content (AvgIpc) is 2.95. The van der Waals surface area contributed by atoms with Crippen LogP contribution in [0.25, 0.3) is 0 Å². The summed E-state index contributed by atoms with van der Waals surface area (Å²) in [5.41, 5.74) is 3.37. The Morgan fingerprint density at radius 1 is 1.16 bits per heavy atom. The molecule has 3 fully saturated rings. The molecule has 1 spiro atoms. The van der Waals surface area contributed by atoms with Crippen LogP contribution in [0.3, 0.4) is 0 Å². The molecule has 2 saturated heterocycles. The summed E-state index contributed by atoms with van der Waals surface area (Å²) >= 11 is 2.12. The van der Waals surface area contributed by atoms with E-state index < -0.39 is 0 Å². The van der Waals surface area contributed by atoms with Gasteiger partial charge in [0.1, 0.15) is 0 Å². The van der Waals surface area contributed by atoms with E-state index in [4.69, 9.17) is 10.6 Å². The van der Waals surface area contributed by atoms with Crippen LogP contribution >= 0.6 is 11.8 Å². The summed E-state index contributed by atoms with van der Waals surface area (Å²) in [6, 6.07) is 0.496. The fourth-order valence-electron chi connectivity index (χ4n) is 4.35. The van der Waals surface area contributed by atoms with Crippen molar-refractivity contribution in [2.75, 3.05) is 12.4 Å². The minimum Gasteiger partial charge on any atom is -0.375 e. The molecule has 3 N–H and O–H groups in total. The molecule has 1 saturated carbocycles. The molecule has 0 amide bonds. The van der Waals surface area contributed by atoms with Crippen molar-refractivity contribution in [1.29, 1.82) is 0 Å². The first-order valence-electron chi connectivity index (χ1n) is 8.05. The molecular weight excluding hydrogens is 256 g/mol. The first-order valence-corrected chi connectivity index (χ1v) is 9.10. The molecule has 110 valence electrons. The number of nitrogens with two attached hydrogens (primary N) is 1. The van der Waals surface area contributed by atoms with Crippen LogP contribution in [0.1, 0.15) is 57.8 Å². The maximum atomic E-state index is 6.22. The van der Waals surface area contributed by atoms with Crippen LogP contribution in [-0.2, 0) is 4.74 Å². The number of hydrogen-bond acceptors (Lipinski definition) is 4. The minimum atomic E-state index is 0.208. The molecular formula is C15H28N2OS. The highest BCUT2D eigenvalue weighted by Gasteiger charge is 2.42. The van der Waals surface area contributed by atoms with E-state index in [0.29, 0.717) is 12.0 Å². The Labute approximate surface area is 121 Å². The first-order chi connectivity index (χ1) is 9.33. The van der Waals surface area contributed by atoms with Crippen LogP contribution in [0.5, 0.6) is 0 Å². The van der Waals surface area contributed by atoms with Gasteiger partial charge < -0.3 is 4.74 Å². The average molecular weight is 284 g/mol. The van der Waals surface area contributed by atoms with Gasteiger partial charge in [0.15, 0.2) is 0 Å². The number of nitrogens with one attached hydrogen (secondary N) is 1. The molecule has 0 aromatic heterocycles. The fraction of sp³-hybridized carbons (Fsp3) is 1.00. The lowest BCUT2D eigenvalue weighted by Crippen LogP contribution is -2.52. The first kappa shape index (κ1) is 14.2. The molecule has 1 aliphatic carbocycles. The summed E-state index contributed by atoms with van der Waals surface area (Å²) in [6.45, 7) is 0.945. The van der Waals surface area contributed by atoms with Gasteiger partial charge in [-0.1, -0.05) is 19.3 Å². The molecule has 3 nitrogen and oxygen atoms in total. The van der Waals surface area contributed by atoms with Crippen LogP contribution in [0.15, 0.2) is 0 Å². The van der Waals surface area contributed by atoms with Crippen molar-refractivity contribution in [3.05, 3.63) is 0 Å². The molecule has 3 atom stereocenters. The normalized spacial score (nSPS) is 36.5. The van der Waals surface area contributed by atoms with E-state index in [2.05, 4.69) is 17.2 Å². The predicted octanol–water partition coefficient (Wildman–Crippen LogP) is 2.84. The largest absolute Gasteiger partial charge is 0.375 e. The van der Waals surface area contributed by atoms with Crippen molar-refractivity contribution in [2.24, 2.45) is 11.8 Å². The molecule has 0 bridgehead atoms.